The SMILES string of the molecule is CCc1ccc(C(N)c2c(OC)cc(OC)cc2OC)s1. The topological polar surface area (TPSA) is 53.7 Å². The third-order valence-corrected chi connectivity index (χ3v) is 4.71. The summed E-state index contributed by atoms with van der Waals surface area (Å²) in [6, 6.07) is 7.55. The second-order valence-corrected chi connectivity index (χ2v) is 5.78. The Morgan fingerprint density at radius 1 is 1.05 bits per heavy atom. The quantitative estimate of drug-likeness (QED) is 0.889. The number of benzene rings is 1. The van der Waals surface area contributed by atoms with Crippen LogP contribution >= 0.6 is 11.3 Å². The zero-order chi connectivity index (χ0) is 15.4. The van der Waals surface area contributed by atoms with Crippen LogP contribution in [0, 0.1) is 0 Å². The van der Waals surface area contributed by atoms with Gasteiger partial charge in [0.2, 0.25) is 0 Å². The van der Waals surface area contributed by atoms with Gasteiger partial charge in [-0.1, -0.05) is 6.92 Å². The summed E-state index contributed by atoms with van der Waals surface area (Å²) in [6.07, 6.45) is 1.01. The number of nitrogens with two attached hydrogens (primary N) is 1. The number of rotatable bonds is 6. The Labute approximate surface area is 129 Å². The third kappa shape index (κ3) is 3.14. The van der Waals surface area contributed by atoms with Crippen LogP contribution in [0.3, 0.4) is 0 Å². The van der Waals surface area contributed by atoms with Crippen molar-refractivity contribution in [2.24, 2.45) is 5.73 Å². The van der Waals surface area contributed by atoms with E-state index >= 15 is 0 Å². The summed E-state index contributed by atoms with van der Waals surface area (Å²) in [5.74, 6) is 2.02. The second-order valence-electron chi connectivity index (χ2n) is 4.58. The first-order valence-corrected chi connectivity index (χ1v) is 7.60. The number of ether oxygens (including phenoxy) is 3. The van der Waals surface area contributed by atoms with Crippen LogP contribution in [0.2, 0.25) is 0 Å². The molecule has 2 aromatic rings. The fourth-order valence-electron chi connectivity index (χ4n) is 2.23. The minimum atomic E-state index is -0.286. The van der Waals surface area contributed by atoms with Crippen molar-refractivity contribution in [2.75, 3.05) is 21.3 Å². The molecule has 1 aromatic heterocycles. The zero-order valence-corrected chi connectivity index (χ0v) is 13.6. The molecule has 1 unspecified atom stereocenters. The van der Waals surface area contributed by atoms with Crippen molar-refractivity contribution in [3.63, 3.8) is 0 Å². The maximum atomic E-state index is 6.44. The number of aryl methyl sites for hydroxylation is 1. The standard InChI is InChI=1S/C16H21NO3S/c1-5-11-6-7-14(21-11)16(17)15-12(19-3)8-10(18-2)9-13(15)20-4/h6-9,16H,5,17H2,1-4H3. The summed E-state index contributed by atoms with van der Waals surface area (Å²) in [5, 5.41) is 0. The highest BCUT2D eigenvalue weighted by Crippen LogP contribution is 2.41. The van der Waals surface area contributed by atoms with Crippen molar-refractivity contribution >= 4 is 11.3 Å². The molecule has 21 heavy (non-hydrogen) atoms. The van der Waals surface area contributed by atoms with E-state index in [2.05, 4.69) is 19.1 Å². The lowest BCUT2D eigenvalue weighted by Crippen LogP contribution is -2.13. The van der Waals surface area contributed by atoms with E-state index < -0.39 is 0 Å². The lowest BCUT2D eigenvalue weighted by Gasteiger charge is -2.19. The van der Waals surface area contributed by atoms with Gasteiger partial charge in [0.1, 0.15) is 17.2 Å². The van der Waals surface area contributed by atoms with Crippen molar-refractivity contribution in [2.45, 2.75) is 19.4 Å². The molecule has 2 rings (SSSR count). The monoisotopic (exact) mass is 307 g/mol. The van der Waals surface area contributed by atoms with Gasteiger partial charge in [0.15, 0.2) is 0 Å². The van der Waals surface area contributed by atoms with Gasteiger partial charge in [-0.25, -0.2) is 0 Å². The molecule has 0 saturated carbocycles. The van der Waals surface area contributed by atoms with Crippen LogP contribution in [0.25, 0.3) is 0 Å². The second kappa shape index (κ2) is 6.83. The molecular weight excluding hydrogens is 286 g/mol. The molecule has 0 aliphatic rings. The van der Waals surface area contributed by atoms with Gasteiger partial charge in [0.25, 0.3) is 0 Å². The van der Waals surface area contributed by atoms with Crippen molar-refractivity contribution in [3.8, 4) is 17.2 Å². The fraction of sp³-hybridized carbons (Fsp3) is 0.375. The van der Waals surface area contributed by atoms with E-state index in [0.29, 0.717) is 17.2 Å². The minimum Gasteiger partial charge on any atom is -0.496 e. The Morgan fingerprint density at radius 2 is 1.67 bits per heavy atom. The van der Waals surface area contributed by atoms with Crippen molar-refractivity contribution < 1.29 is 14.2 Å². The van der Waals surface area contributed by atoms with E-state index in [9.17, 15) is 0 Å². The summed E-state index contributed by atoms with van der Waals surface area (Å²) >= 11 is 1.72. The van der Waals surface area contributed by atoms with E-state index in [-0.39, 0.29) is 6.04 Å². The zero-order valence-electron chi connectivity index (χ0n) is 12.8. The van der Waals surface area contributed by atoms with Gasteiger partial charge >= 0.3 is 0 Å². The van der Waals surface area contributed by atoms with Gasteiger partial charge in [-0.3, -0.25) is 0 Å². The van der Waals surface area contributed by atoms with E-state index in [4.69, 9.17) is 19.9 Å². The molecule has 0 radical (unpaired) electrons. The van der Waals surface area contributed by atoms with E-state index in [1.54, 1.807) is 32.7 Å². The molecule has 1 atom stereocenters. The number of hydrogen-bond donors (Lipinski definition) is 1. The molecule has 0 bridgehead atoms. The van der Waals surface area contributed by atoms with Crippen LogP contribution in [0.15, 0.2) is 24.3 Å². The van der Waals surface area contributed by atoms with Crippen LogP contribution in [0.5, 0.6) is 17.2 Å². The average Bonchev–Trinajstić information content (AvgIpc) is 3.01. The lowest BCUT2D eigenvalue weighted by molar-refractivity contribution is 0.367. The molecule has 0 amide bonds. The predicted octanol–water partition coefficient (Wildman–Crippen LogP) is 3.38. The Balaban J connectivity index is 2.50. The van der Waals surface area contributed by atoms with Crippen LogP contribution in [0.1, 0.15) is 28.3 Å². The molecule has 0 fully saturated rings. The molecule has 114 valence electrons. The smallest absolute Gasteiger partial charge is 0.131 e. The maximum absolute atomic E-state index is 6.44. The molecule has 1 aromatic carbocycles. The highest BCUT2D eigenvalue weighted by Gasteiger charge is 2.22. The molecule has 0 aliphatic heterocycles. The molecule has 4 nitrogen and oxygen atoms in total. The maximum Gasteiger partial charge on any atom is 0.131 e. The molecule has 0 spiro atoms. The first-order chi connectivity index (χ1) is 10.1. The van der Waals surface area contributed by atoms with Gasteiger partial charge in [-0.2, -0.15) is 0 Å². The lowest BCUT2D eigenvalue weighted by atomic mass is 10.0. The van der Waals surface area contributed by atoms with Crippen molar-refractivity contribution in [1.29, 1.82) is 0 Å². The van der Waals surface area contributed by atoms with Crippen LogP contribution in [-0.4, -0.2) is 21.3 Å². The van der Waals surface area contributed by atoms with E-state index in [0.717, 1.165) is 16.9 Å². The summed E-state index contributed by atoms with van der Waals surface area (Å²) in [4.78, 5) is 2.40. The van der Waals surface area contributed by atoms with Crippen LogP contribution in [-0.2, 0) is 6.42 Å². The highest BCUT2D eigenvalue weighted by molar-refractivity contribution is 7.12. The Hall–Kier alpha value is -1.72. The fourth-order valence-corrected chi connectivity index (χ4v) is 3.20. The van der Waals surface area contributed by atoms with Crippen molar-refractivity contribution in [3.05, 3.63) is 39.6 Å². The summed E-state index contributed by atoms with van der Waals surface area (Å²) < 4.78 is 16.2. The molecular formula is C16H21NO3S. The van der Waals surface area contributed by atoms with Gasteiger partial charge in [0.05, 0.1) is 32.9 Å². The first-order valence-electron chi connectivity index (χ1n) is 6.78. The molecule has 5 heteroatoms. The minimum absolute atomic E-state index is 0.286. The van der Waals surface area contributed by atoms with Gasteiger partial charge in [0, 0.05) is 21.9 Å². The average molecular weight is 307 g/mol. The van der Waals surface area contributed by atoms with E-state index in [1.165, 1.54) is 4.88 Å². The Kier molecular flexibility index (Phi) is 5.09. The Bertz CT molecular complexity index is 584. The molecule has 0 saturated heterocycles. The number of methoxy groups -OCH3 is 3. The summed E-state index contributed by atoms with van der Waals surface area (Å²) in [7, 11) is 4.85. The largest absolute Gasteiger partial charge is 0.496 e. The van der Waals surface area contributed by atoms with E-state index in [1.807, 2.05) is 12.1 Å². The highest BCUT2D eigenvalue weighted by atomic mass is 32.1. The molecule has 0 aliphatic carbocycles. The molecule has 1 heterocycles. The first kappa shape index (κ1) is 15.7. The van der Waals surface area contributed by atoms with Crippen molar-refractivity contribution in [1.82, 2.24) is 0 Å². The van der Waals surface area contributed by atoms with Gasteiger partial charge < -0.3 is 19.9 Å². The summed E-state index contributed by atoms with van der Waals surface area (Å²) in [6.45, 7) is 2.13. The molecule has 2 N–H and O–H groups in total. The number of thiophene rings is 1. The Morgan fingerprint density at radius 3 is 2.10 bits per heavy atom. The number of hydrogen-bond acceptors (Lipinski definition) is 5. The summed E-state index contributed by atoms with van der Waals surface area (Å²) in [5.41, 5.74) is 7.28. The third-order valence-electron chi connectivity index (χ3n) is 3.40. The van der Waals surface area contributed by atoms with Gasteiger partial charge in [-0.05, 0) is 18.6 Å². The predicted molar refractivity (Wildman–Crippen MR) is 85.8 cm³/mol. The van der Waals surface area contributed by atoms with Crippen LogP contribution < -0.4 is 19.9 Å². The van der Waals surface area contributed by atoms with Crippen LogP contribution in [0.4, 0.5) is 0 Å². The normalized spacial score (nSPS) is 12.0. The van der Waals surface area contributed by atoms with Gasteiger partial charge in [-0.15, -0.1) is 11.3 Å².